The van der Waals surface area contributed by atoms with Crippen LogP contribution < -0.4 is 10.6 Å². The van der Waals surface area contributed by atoms with Gasteiger partial charge >= 0.3 is 0 Å². The van der Waals surface area contributed by atoms with Gasteiger partial charge in [-0.2, -0.15) is 0 Å². The third kappa shape index (κ3) is 7.92. The molecule has 0 spiro atoms. The lowest BCUT2D eigenvalue weighted by Crippen LogP contribution is -2.55. The minimum Gasteiger partial charge on any atom is -0.356 e. The molecule has 0 aromatic heterocycles. The van der Waals surface area contributed by atoms with Gasteiger partial charge in [-0.25, -0.2) is 12.7 Å². The van der Waals surface area contributed by atoms with Crippen molar-refractivity contribution in [2.45, 2.75) is 52.0 Å². The fourth-order valence-electron chi connectivity index (χ4n) is 3.15. The zero-order chi connectivity index (χ0) is 18.9. The molecule has 8 heteroatoms. The van der Waals surface area contributed by atoms with E-state index < -0.39 is 10.0 Å². The molecule has 1 aliphatic heterocycles. The summed E-state index contributed by atoms with van der Waals surface area (Å²) in [5.41, 5.74) is 0.0906. The fraction of sp³-hybridized carbons (Fsp3) is 0.941. The Labute approximate surface area is 154 Å². The van der Waals surface area contributed by atoms with Gasteiger partial charge in [0.15, 0.2) is 5.96 Å². The van der Waals surface area contributed by atoms with Crippen LogP contribution in [0.1, 0.15) is 46.5 Å². The molecule has 0 bridgehead atoms. The maximum absolute atomic E-state index is 11.6. The molecule has 7 nitrogen and oxygen atoms in total. The Morgan fingerprint density at radius 3 is 2.36 bits per heavy atom. The average molecular weight is 376 g/mol. The quantitative estimate of drug-likeness (QED) is 0.358. The lowest BCUT2D eigenvalue weighted by atomic mass is 9.98. The Hall–Kier alpha value is -0.860. The number of piperidine rings is 1. The van der Waals surface area contributed by atoms with Gasteiger partial charge in [-0.15, -0.1) is 0 Å². The minimum atomic E-state index is -3.11. The summed E-state index contributed by atoms with van der Waals surface area (Å²) < 4.78 is 24.6. The van der Waals surface area contributed by atoms with Crippen LogP contribution >= 0.6 is 0 Å². The fourth-order valence-corrected chi connectivity index (χ4v) is 4.08. The number of hydrogen-bond acceptors (Lipinski definition) is 4. The van der Waals surface area contributed by atoms with Crippen LogP contribution in [0.3, 0.4) is 0 Å². The Kier molecular flexibility index (Phi) is 9.16. The summed E-state index contributed by atoms with van der Waals surface area (Å²) in [6.07, 6.45) is 5.91. The second-order valence-electron chi connectivity index (χ2n) is 7.32. The summed E-state index contributed by atoms with van der Waals surface area (Å²) in [5.74, 6) is 0.771. The van der Waals surface area contributed by atoms with Crippen molar-refractivity contribution in [3.05, 3.63) is 0 Å². The van der Waals surface area contributed by atoms with Crippen LogP contribution in [0, 0.1) is 0 Å². The Morgan fingerprint density at radius 2 is 1.84 bits per heavy atom. The van der Waals surface area contributed by atoms with Crippen LogP contribution in [0.5, 0.6) is 0 Å². The first kappa shape index (κ1) is 22.2. The van der Waals surface area contributed by atoms with Crippen LogP contribution in [0.2, 0.25) is 0 Å². The predicted molar refractivity (Wildman–Crippen MR) is 106 cm³/mol. The van der Waals surface area contributed by atoms with Gasteiger partial charge < -0.3 is 10.6 Å². The number of aliphatic imine (C=N–C) groups is 1. The molecular formula is C17H37N5O2S. The zero-order valence-corrected chi connectivity index (χ0v) is 17.5. The van der Waals surface area contributed by atoms with Gasteiger partial charge in [-0.05, 0) is 46.2 Å². The van der Waals surface area contributed by atoms with Gasteiger partial charge in [-0.1, -0.05) is 13.3 Å². The van der Waals surface area contributed by atoms with E-state index in [1.54, 1.807) is 7.05 Å². The van der Waals surface area contributed by atoms with Crippen molar-refractivity contribution in [2.75, 3.05) is 52.6 Å². The molecule has 0 unspecified atom stereocenters. The van der Waals surface area contributed by atoms with E-state index in [1.807, 2.05) is 6.92 Å². The van der Waals surface area contributed by atoms with Crippen molar-refractivity contribution in [3.63, 3.8) is 0 Å². The van der Waals surface area contributed by atoms with E-state index in [4.69, 9.17) is 0 Å². The molecule has 1 saturated heterocycles. The van der Waals surface area contributed by atoms with Gasteiger partial charge in [0.2, 0.25) is 10.0 Å². The van der Waals surface area contributed by atoms with Crippen molar-refractivity contribution >= 4 is 16.0 Å². The maximum Gasteiger partial charge on any atom is 0.211 e. The molecule has 1 rings (SSSR count). The molecule has 0 aliphatic carbocycles. The molecule has 148 valence electrons. The van der Waals surface area contributed by atoms with Crippen molar-refractivity contribution in [2.24, 2.45) is 4.99 Å². The lowest BCUT2D eigenvalue weighted by Gasteiger charge is -2.41. The molecule has 0 aromatic carbocycles. The van der Waals surface area contributed by atoms with Crippen LogP contribution in [0.25, 0.3) is 0 Å². The predicted octanol–water partition coefficient (Wildman–Crippen LogP) is 1.09. The third-order valence-corrected chi connectivity index (χ3v) is 6.20. The second kappa shape index (κ2) is 10.3. The standard InChI is InChI=1S/C17H37N5O2S/c1-6-22(25(5,23)24)14-10-11-19-16(18-4)20-15-17(2,3)21-12-8-7-9-13-21/h6-15H2,1-5H3,(H2,18,19,20). The lowest BCUT2D eigenvalue weighted by molar-refractivity contribution is 0.0982. The normalized spacial score (nSPS) is 17.8. The van der Waals surface area contributed by atoms with E-state index in [2.05, 4.69) is 34.4 Å². The number of rotatable bonds is 9. The van der Waals surface area contributed by atoms with E-state index >= 15 is 0 Å². The minimum absolute atomic E-state index is 0.0906. The molecule has 2 N–H and O–H groups in total. The molecule has 1 aliphatic rings. The van der Waals surface area contributed by atoms with E-state index in [1.165, 1.54) is 42.9 Å². The number of nitrogens with zero attached hydrogens (tertiary/aromatic N) is 3. The van der Waals surface area contributed by atoms with Gasteiger partial charge in [0.1, 0.15) is 0 Å². The van der Waals surface area contributed by atoms with Crippen LogP contribution in [0.4, 0.5) is 0 Å². The monoisotopic (exact) mass is 375 g/mol. The topological polar surface area (TPSA) is 77.0 Å². The second-order valence-corrected chi connectivity index (χ2v) is 9.30. The van der Waals surface area contributed by atoms with Crippen molar-refractivity contribution in [1.82, 2.24) is 19.8 Å². The Morgan fingerprint density at radius 1 is 1.20 bits per heavy atom. The van der Waals surface area contributed by atoms with E-state index in [9.17, 15) is 8.42 Å². The highest BCUT2D eigenvalue weighted by atomic mass is 32.2. The molecule has 0 saturated carbocycles. The third-order valence-electron chi connectivity index (χ3n) is 4.82. The van der Waals surface area contributed by atoms with Gasteiger partial charge in [0.25, 0.3) is 0 Å². The Bertz CT molecular complexity index is 513. The highest BCUT2D eigenvalue weighted by Gasteiger charge is 2.27. The molecule has 1 fully saturated rings. The number of likely N-dealkylation sites (tertiary alicyclic amines) is 1. The summed E-state index contributed by atoms with van der Waals surface area (Å²) in [6, 6.07) is 0. The SMILES string of the molecule is CCN(CCCNC(=NC)NCC(C)(C)N1CCCCC1)S(C)(=O)=O. The van der Waals surface area contributed by atoms with Crippen LogP contribution in [0.15, 0.2) is 4.99 Å². The van der Waals surface area contributed by atoms with Gasteiger partial charge in [0, 0.05) is 38.8 Å². The van der Waals surface area contributed by atoms with Crippen molar-refractivity contribution in [3.8, 4) is 0 Å². The maximum atomic E-state index is 11.6. The summed E-state index contributed by atoms with van der Waals surface area (Å²) in [5, 5.41) is 6.68. The number of guanidine groups is 1. The number of sulfonamides is 1. The molecule has 0 aromatic rings. The van der Waals surface area contributed by atoms with Crippen molar-refractivity contribution < 1.29 is 8.42 Å². The number of nitrogens with one attached hydrogen (secondary N) is 2. The van der Waals surface area contributed by atoms with Crippen LogP contribution in [-0.2, 0) is 10.0 Å². The summed E-state index contributed by atoms with van der Waals surface area (Å²) in [7, 11) is -1.35. The summed E-state index contributed by atoms with van der Waals surface area (Å²) in [6.45, 7) is 11.3. The van der Waals surface area contributed by atoms with Crippen LogP contribution in [-0.4, -0.2) is 81.7 Å². The molecule has 0 radical (unpaired) electrons. The molecule has 0 atom stereocenters. The zero-order valence-electron chi connectivity index (χ0n) is 16.6. The van der Waals surface area contributed by atoms with E-state index in [0.717, 1.165) is 18.9 Å². The average Bonchev–Trinajstić information content (AvgIpc) is 2.57. The van der Waals surface area contributed by atoms with E-state index in [-0.39, 0.29) is 5.54 Å². The largest absolute Gasteiger partial charge is 0.356 e. The molecule has 25 heavy (non-hydrogen) atoms. The smallest absolute Gasteiger partial charge is 0.211 e. The first-order chi connectivity index (χ1) is 11.7. The van der Waals surface area contributed by atoms with Gasteiger partial charge in [-0.3, -0.25) is 9.89 Å². The Balaban J connectivity index is 2.34. The molecular weight excluding hydrogens is 338 g/mol. The van der Waals surface area contributed by atoms with Gasteiger partial charge in [0.05, 0.1) is 6.26 Å². The summed E-state index contributed by atoms with van der Waals surface area (Å²) >= 11 is 0. The highest BCUT2D eigenvalue weighted by molar-refractivity contribution is 7.88. The highest BCUT2D eigenvalue weighted by Crippen LogP contribution is 2.19. The molecule has 0 amide bonds. The first-order valence-electron chi connectivity index (χ1n) is 9.35. The molecule has 1 heterocycles. The number of hydrogen-bond donors (Lipinski definition) is 2. The van der Waals surface area contributed by atoms with E-state index in [0.29, 0.717) is 19.6 Å². The van der Waals surface area contributed by atoms with Crippen molar-refractivity contribution in [1.29, 1.82) is 0 Å². The summed E-state index contributed by atoms with van der Waals surface area (Å²) in [4.78, 5) is 6.81. The first-order valence-corrected chi connectivity index (χ1v) is 11.2.